The molecule has 1 aliphatic rings. The third-order valence-electron chi connectivity index (χ3n) is 7.29. The van der Waals surface area contributed by atoms with E-state index in [2.05, 4.69) is 5.32 Å². The average Bonchev–Trinajstić information content (AvgIpc) is 2.99. The Morgan fingerprint density at radius 1 is 0.952 bits per heavy atom. The van der Waals surface area contributed by atoms with Crippen LogP contribution in [0.5, 0.6) is 11.5 Å². The molecule has 3 aromatic rings. The predicted molar refractivity (Wildman–Crippen MR) is 156 cm³/mol. The number of hydrogen-bond acceptors (Lipinski definition) is 6. The van der Waals surface area contributed by atoms with E-state index in [0.717, 1.165) is 11.1 Å². The molecule has 8 nitrogen and oxygen atoms in total. The summed E-state index contributed by atoms with van der Waals surface area (Å²) in [5.41, 5.74) is 3.85. The predicted octanol–water partition coefficient (Wildman–Crippen LogP) is 5.17. The van der Waals surface area contributed by atoms with Gasteiger partial charge in [-0.2, -0.15) is 0 Å². The maximum absolute atomic E-state index is 13.5. The Hall–Kier alpha value is -4.66. The minimum Gasteiger partial charge on any atom is -0.493 e. The van der Waals surface area contributed by atoms with Crippen LogP contribution in [0, 0.1) is 5.82 Å². The Bertz CT molecular complexity index is 1470. The molecule has 0 aliphatic carbocycles. The van der Waals surface area contributed by atoms with Crippen LogP contribution >= 0.6 is 0 Å². The summed E-state index contributed by atoms with van der Waals surface area (Å²) in [5.74, 6) is -0.510. The third-order valence-corrected chi connectivity index (χ3v) is 7.29. The van der Waals surface area contributed by atoms with E-state index in [0.29, 0.717) is 46.9 Å². The van der Waals surface area contributed by atoms with Crippen molar-refractivity contribution in [2.45, 2.75) is 39.2 Å². The molecule has 0 saturated carbocycles. The molecule has 0 saturated heterocycles. The van der Waals surface area contributed by atoms with Gasteiger partial charge >= 0.3 is 5.97 Å². The van der Waals surface area contributed by atoms with Crippen LogP contribution in [0.3, 0.4) is 0 Å². The first kappa shape index (κ1) is 30.3. The fourth-order valence-electron chi connectivity index (χ4n) is 5.06. The lowest BCUT2D eigenvalue weighted by molar-refractivity contribution is -0.140. The fourth-order valence-corrected chi connectivity index (χ4v) is 5.06. The SMILES string of the molecule is CCOC(=O)C1=C(C)N(Cc2ccc(C(=O)NCCc3ccc(OC)c(OC)c3)cc2)C(=O)CC1c1ccc(F)cc1. The summed E-state index contributed by atoms with van der Waals surface area (Å²) in [6, 6.07) is 18.5. The lowest BCUT2D eigenvalue weighted by Crippen LogP contribution is -2.38. The van der Waals surface area contributed by atoms with E-state index in [4.69, 9.17) is 14.2 Å². The topological polar surface area (TPSA) is 94.2 Å². The van der Waals surface area contributed by atoms with Gasteiger partial charge < -0.3 is 24.4 Å². The number of allylic oxidation sites excluding steroid dienone is 1. The van der Waals surface area contributed by atoms with E-state index in [1.165, 1.54) is 12.1 Å². The summed E-state index contributed by atoms with van der Waals surface area (Å²) >= 11 is 0. The molecule has 0 fully saturated rings. The van der Waals surface area contributed by atoms with Crippen molar-refractivity contribution < 1.29 is 33.0 Å². The lowest BCUT2D eigenvalue weighted by Gasteiger charge is -2.34. The minimum atomic E-state index is -0.529. The highest BCUT2D eigenvalue weighted by atomic mass is 19.1. The molecule has 2 amide bonds. The highest BCUT2D eigenvalue weighted by molar-refractivity contribution is 5.96. The number of esters is 1. The first-order valence-electron chi connectivity index (χ1n) is 13.8. The summed E-state index contributed by atoms with van der Waals surface area (Å²) in [6.07, 6.45) is 0.673. The molecule has 1 unspecified atom stereocenters. The number of hydrogen-bond donors (Lipinski definition) is 1. The van der Waals surface area contributed by atoms with Crippen LogP contribution in [-0.4, -0.2) is 50.1 Å². The largest absolute Gasteiger partial charge is 0.493 e. The summed E-state index contributed by atoms with van der Waals surface area (Å²) in [7, 11) is 3.16. The second kappa shape index (κ2) is 13.8. The van der Waals surface area contributed by atoms with Crippen LogP contribution in [0.4, 0.5) is 4.39 Å². The average molecular weight is 575 g/mol. The van der Waals surface area contributed by atoms with Gasteiger partial charge in [-0.25, -0.2) is 9.18 Å². The molecule has 0 spiro atoms. The molecule has 3 aromatic carbocycles. The molecule has 220 valence electrons. The number of rotatable bonds is 11. The van der Waals surface area contributed by atoms with Crippen LogP contribution in [-0.2, 0) is 27.3 Å². The maximum atomic E-state index is 13.5. The normalized spacial score (nSPS) is 14.9. The highest BCUT2D eigenvalue weighted by Gasteiger charge is 2.36. The van der Waals surface area contributed by atoms with E-state index in [9.17, 15) is 18.8 Å². The first-order valence-corrected chi connectivity index (χ1v) is 13.8. The number of benzene rings is 3. The number of amides is 2. The zero-order valence-corrected chi connectivity index (χ0v) is 24.2. The quantitative estimate of drug-likeness (QED) is 0.318. The van der Waals surface area contributed by atoms with Crippen LogP contribution in [0.1, 0.15) is 53.2 Å². The van der Waals surface area contributed by atoms with Crippen molar-refractivity contribution in [3.05, 3.63) is 106 Å². The van der Waals surface area contributed by atoms with Gasteiger partial charge in [-0.15, -0.1) is 0 Å². The van der Waals surface area contributed by atoms with Gasteiger partial charge in [0, 0.05) is 30.1 Å². The van der Waals surface area contributed by atoms with Crippen LogP contribution in [0.25, 0.3) is 0 Å². The Morgan fingerprint density at radius 3 is 2.26 bits per heavy atom. The van der Waals surface area contributed by atoms with E-state index in [-0.39, 0.29) is 31.4 Å². The number of ether oxygens (including phenoxy) is 3. The molecule has 1 atom stereocenters. The Morgan fingerprint density at radius 2 is 1.62 bits per heavy atom. The highest BCUT2D eigenvalue weighted by Crippen LogP contribution is 2.38. The molecular weight excluding hydrogens is 539 g/mol. The number of methoxy groups -OCH3 is 2. The molecule has 0 radical (unpaired) electrons. The Labute approximate surface area is 245 Å². The van der Waals surface area contributed by atoms with Crippen LogP contribution in [0.15, 0.2) is 78.0 Å². The lowest BCUT2D eigenvalue weighted by atomic mass is 9.83. The number of halogens is 1. The van der Waals surface area contributed by atoms with Crippen molar-refractivity contribution in [2.75, 3.05) is 27.4 Å². The summed E-state index contributed by atoms with van der Waals surface area (Å²) in [5, 5.41) is 2.92. The Kier molecular flexibility index (Phi) is 9.96. The molecule has 4 rings (SSSR count). The van der Waals surface area contributed by atoms with E-state index in [1.807, 2.05) is 18.2 Å². The van der Waals surface area contributed by atoms with Crippen molar-refractivity contribution in [1.29, 1.82) is 0 Å². The molecular formula is C33H35FN2O6. The van der Waals surface area contributed by atoms with Crippen molar-refractivity contribution in [2.24, 2.45) is 0 Å². The Balaban J connectivity index is 1.43. The zero-order valence-electron chi connectivity index (χ0n) is 24.2. The first-order chi connectivity index (χ1) is 20.2. The number of nitrogens with one attached hydrogen (secondary N) is 1. The van der Waals surface area contributed by atoms with Gasteiger partial charge in [0.1, 0.15) is 5.82 Å². The van der Waals surface area contributed by atoms with Crippen molar-refractivity contribution in [3.63, 3.8) is 0 Å². The monoisotopic (exact) mass is 574 g/mol. The van der Waals surface area contributed by atoms with E-state index in [1.54, 1.807) is 69.4 Å². The van der Waals surface area contributed by atoms with Crippen molar-refractivity contribution >= 4 is 17.8 Å². The minimum absolute atomic E-state index is 0.0533. The summed E-state index contributed by atoms with van der Waals surface area (Å²) in [4.78, 5) is 40.5. The standard InChI is InChI=1S/C33H35FN2O6/c1-5-42-33(39)31-21(2)36(30(37)19-27(31)24-11-13-26(34)14-12-24)20-23-6-9-25(10-7-23)32(38)35-17-16-22-8-15-28(40-3)29(18-22)41-4/h6-15,18,27H,5,16-17,19-20H2,1-4H3,(H,35,38). The fraction of sp³-hybridized carbons (Fsp3) is 0.303. The van der Waals surface area contributed by atoms with Gasteiger partial charge in [0.2, 0.25) is 5.91 Å². The summed E-state index contributed by atoms with van der Waals surface area (Å²) in [6.45, 7) is 4.30. The van der Waals surface area contributed by atoms with Crippen LogP contribution in [0.2, 0.25) is 0 Å². The summed E-state index contributed by atoms with van der Waals surface area (Å²) < 4.78 is 29.5. The van der Waals surface area contributed by atoms with E-state index >= 15 is 0 Å². The zero-order chi connectivity index (χ0) is 30.2. The van der Waals surface area contributed by atoms with Crippen molar-refractivity contribution in [1.82, 2.24) is 10.2 Å². The molecule has 9 heteroatoms. The van der Waals surface area contributed by atoms with Gasteiger partial charge in [0.25, 0.3) is 5.91 Å². The maximum Gasteiger partial charge on any atom is 0.336 e. The van der Waals surface area contributed by atoms with Crippen molar-refractivity contribution in [3.8, 4) is 11.5 Å². The van der Waals surface area contributed by atoms with Gasteiger partial charge in [0.15, 0.2) is 11.5 Å². The van der Waals surface area contributed by atoms with E-state index < -0.39 is 17.7 Å². The third kappa shape index (κ3) is 6.97. The number of carbonyl (C=O) groups is 3. The molecule has 1 aliphatic heterocycles. The molecule has 0 bridgehead atoms. The molecule has 1 heterocycles. The number of carbonyl (C=O) groups excluding carboxylic acids is 3. The van der Waals surface area contributed by atoms with Crippen LogP contribution < -0.4 is 14.8 Å². The molecule has 0 aromatic heterocycles. The van der Waals surface area contributed by atoms with Gasteiger partial charge in [-0.3, -0.25) is 9.59 Å². The van der Waals surface area contributed by atoms with Gasteiger partial charge in [-0.05, 0) is 73.4 Å². The smallest absolute Gasteiger partial charge is 0.336 e. The second-order valence-electron chi connectivity index (χ2n) is 9.90. The van der Waals surface area contributed by atoms with Gasteiger partial charge in [0.05, 0.1) is 32.9 Å². The number of nitrogens with zero attached hydrogens (tertiary/aromatic N) is 1. The molecule has 42 heavy (non-hydrogen) atoms. The van der Waals surface area contributed by atoms with Gasteiger partial charge in [-0.1, -0.05) is 30.3 Å². The molecule has 1 N–H and O–H groups in total. The second-order valence-corrected chi connectivity index (χ2v) is 9.90.